The van der Waals surface area contributed by atoms with Crippen molar-refractivity contribution >= 4 is 11.7 Å². The number of amides is 2. The summed E-state index contributed by atoms with van der Waals surface area (Å²) < 4.78 is 8.00. The van der Waals surface area contributed by atoms with Crippen molar-refractivity contribution in [2.75, 3.05) is 5.32 Å². The minimum Gasteiger partial charge on any atom is -0.489 e. The Bertz CT molecular complexity index is 1140. The smallest absolute Gasteiger partial charge is 0.319 e. The molecule has 4 aromatic rings. The van der Waals surface area contributed by atoms with E-state index in [4.69, 9.17) is 4.74 Å². The molecule has 7 heteroatoms. The number of ether oxygens (including phenoxy) is 1. The van der Waals surface area contributed by atoms with Gasteiger partial charge in [0, 0.05) is 42.6 Å². The molecule has 2 amide bonds. The summed E-state index contributed by atoms with van der Waals surface area (Å²) in [5.41, 5.74) is 3.72. The van der Waals surface area contributed by atoms with E-state index in [2.05, 4.69) is 20.6 Å². The first-order valence-electron chi connectivity index (χ1n) is 9.94. The van der Waals surface area contributed by atoms with Crippen LogP contribution in [0.4, 0.5) is 10.5 Å². The van der Waals surface area contributed by atoms with Crippen molar-refractivity contribution < 1.29 is 9.53 Å². The number of rotatable bonds is 7. The van der Waals surface area contributed by atoms with E-state index in [1.165, 1.54) is 0 Å². The standard InChI is InChI=1S/C24H23N5O2/c1-18-26-13-14-29(18)23-7-3-2-6-20(23)17-31-22-10-8-21(9-11-22)28-24(30)27-16-19-5-4-12-25-15-19/h2-15H,16-17H2,1H3,(H2,27,28,30). The maximum absolute atomic E-state index is 12.1. The lowest BCUT2D eigenvalue weighted by molar-refractivity contribution is 0.251. The molecule has 0 saturated carbocycles. The highest BCUT2D eigenvalue weighted by molar-refractivity contribution is 5.89. The van der Waals surface area contributed by atoms with Gasteiger partial charge in [0.05, 0.1) is 5.69 Å². The zero-order chi connectivity index (χ0) is 21.5. The first-order chi connectivity index (χ1) is 15.2. The molecule has 0 bridgehead atoms. The van der Waals surface area contributed by atoms with Crippen LogP contribution in [-0.2, 0) is 13.2 Å². The fraction of sp³-hybridized carbons (Fsp3) is 0.125. The van der Waals surface area contributed by atoms with Crippen molar-refractivity contribution in [2.24, 2.45) is 0 Å². The van der Waals surface area contributed by atoms with Gasteiger partial charge in [-0.2, -0.15) is 0 Å². The van der Waals surface area contributed by atoms with Gasteiger partial charge in [-0.05, 0) is 48.9 Å². The average molecular weight is 413 g/mol. The predicted octanol–water partition coefficient (Wildman–Crippen LogP) is 4.48. The van der Waals surface area contributed by atoms with Gasteiger partial charge in [0.1, 0.15) is 18.2 Å². The van der Waals surface area contributed by atoms with Crippen LogP contribution in [-0.4, -0.2) is 20.6 Å². The molecule has 0 fully saturated rings. The molecule has 0 radical (unpaired) electrons. The number of benzene rings is 2. The van der Waals surface area contributed by atoms with E-state index in [1.807, 2.05) is 78.4 Å². The van der Waals surface area contributed by atoms with E-state index in [1.54, 1.807) is 18.6 Å². The minimum atomic E-state index is -0.276. The van der Waals surface area contributed by atoms with Crippen molar-refractivity contribution in [2.45, 2.75) is 20.1 Å². The molecule has 0 aliphatic rings. The first kappa shape index (κ1) is 20.2. The number of carbonyl (C=O) groups is 1. The monoisotopic (exact) mass is 413 g/mol. The number of para-hydroxylation sites is 1. The molecular formula is C24H23N5O2. The van der Waals surface area contributed by atoms with Gasteiger partial charge in [-0.1, -0.05) is 24.3 Å². The van der Waals surface area contributed by atoms with E-state index in [-0.39, 0.29) is 6.03 Å². The molecule has 0 aliphatic carbocycles. The predicted molar refractivity (Wildman–Crippen MR) is 119 cm³/mol. The molecule has 2 aromatic carbocycles. The van der Waals surface area contributed by atoms with Crippen molar-refractivity contribution in [3.05, 3.63) is 102 Å². The van der Waals surface area contributed by atoms with Crippen LogP contribution in [0.2, 0.25) is 0 Å². The number of aryl methyl sites for hydroxylation is 1. The fourth-order valence-electron chi connectivity index (χ4n) is 3.16. The quantitative estimate of drug-likeness (QED) is 0.468. The normalized spacial score (nSPS) is 10.5. The van der Waals surface area contributed by atoms with Gasteiger partial charge in [0.25, 0.3) is 0 Å². The van der Waals surface area contributed by atoms with Crippen LogP contribution < -0.4 is 15.4 Å². The summed E-state index contributed by atoms with van der Waals surface area (Å²) in [4.78, 5) is 20.4. The Kier molecular flexibility index (Phi) is 6.23. The van der Waals surface area contributed by atoms with E-state index in [0.717, 1.165) is 28.4 Å². The van der Waals surface area contributed by atoms with Crippen molar-refractivity contribution in [1.29, 1.82) is 0 Å². The molecule has 0 aliphatic heterocycles. The summed E-state index contributed by atoms with van der Waals surface area (Å²) in [5.74, 6) is 1.64. The zero-order valence-electron chi connectivity index (χ0n) is 17.2. The lowest BCUT2D eigenvalue weighted by Crippen LogP contribution is -2.28. The second kappa shape index (κ2) is 9.58. The first-order valence-corrected chi connectivity index (χ1v) is 9.94. The Morgan fingerprint density at radius 1 is 1.03 bits per heavy atom. The zero-order valence-corrected chi connectivity index (χ0v) is 17.2. The Hall–Kier alpha value is -4.13. The van der Waals surface area contributed by atoms with Gasteiger partial charge in [0.15, 0.2) is 0 Å². The average Bonchev–Trinajstić information content (AvgIpc) is 3.24. The second-order valence-corrected chi connectivity index (χ2v) is 6.96. The van der Waals surface area contributed by atoms with Crippen LogP contribution in [0.3, 0.4) is 0 Å². The number of hydrogen-bond donors (Lipinski definition) is 2. The highest BCUT2D eigenvalue weighted by Crippen LogP contribution is 2.20. The molecule has 7 nitrogen and oxygen atoms in total. The molecule has 0 atom stereocenters. The van der Waals surface area contributed by atoms with Gasteiger partial charge in [-0.25, -0.2) is 9.78 Å². The molecule has 2 heterocycles. The highest BCUT2D eigenvalue weighted by atomic mass is 16.5. The van der Waals surface area contributed by atoms with E-state index in [0.29, 0.717) is 18.8 Å². The molecule has 31 heavy (non-hydrogen) atoms. The van der Waals surface area contributed by atoms with Crippen LogP contribution in [0, 0.1) is 6.92 Å². The Labute approximate surface area is 180 Å². The van der Waals surface area contributed by atoms with Gasteiger partial charge >= 0.3 is 6.03 Å². The highest BCUT2D eigenvalue weighted by Gasteiger charge is 2.08. The van der Waals surface area contributed by atoms with Crippen molar-refractivity contribution in [1.82, 2.24) is 19.9 Å². The largest absolute Gasteiger partial charge is 0.489 e. The summed E-state index contributed by atoms with van der Waals surface area (Å²) in [5, 5.41) is 5.61. The third-order valence-corrected chi connectivity index (χ3v) is 4.76. The number of urea groups is 1. The second-order valence-electron chi connectivity index (χ2n) is 6.96. The van der Waals surface area contributed by atoms with Gasteiger partial charge in [-0.3, -0.25) is 4.98 Å². The minimum absolute atomic E-state index is 0.276. The van der Waals surface area contributed by atoms with Crippen LogP contribution >= 0.6 is 0 Å². The van der Waals surface area contributed by atoms with Crippen LogP contribution in [0.15, 0.2) is 85.5 Å². The molecule has 2 N–H and O–H groups in total. The number of pyridine rings is 1. The number of aromatic nitrogens is 3. The van der Waals surface area contributed by atoms with E-state index < -0.39 is 0 Å². The molecule has 0 unspecified atom stereocenters. The third-order valence-electron chi connectivity index (χ3n) is 4.76. The summed E-state index contributed by atoms with van der Waals surface area (Å²) >= 11 is 0. The van der Waals surface area contributed by atoms with E-state index in [9.17, 15) is 4.79 Å². The van der Waals surface area contributed by atoms with Gasteiger partial charge < -0.3 is 19.9 Å². The van der Waals surface area contributed by atoms with Gasteiger partial charge in [0.2, 0.25) is 0 Å². The Morgan fingerprint density at radius 2 is 1.87 bits per heavy atom. The maximum Gasteiger partial charge on any atom is 0.319 e. The lowest BCUT2D eigenvalue weighted by Gasteiger charge is -2.13. The van der Waals surface area contributed by atoms with E-state index >= 15 is 0 Å². The third kappa shape index (κ3) is 5.27. The summed E-state index contributed by atoms with van der Waals surface area (Å²) in [6.45, 7) is 2.80. The number of imidazole rings is 1. The summed E-state index contributed by atoms with van der Waals surface area (Å²) in [6.07, 6.45) is 7.14. The fourth-order valence-corrected chi connectivity index (χ4v) is 3.16. The molecule has 0 saturated heterocycles. The Balaban J connectivity index is 1.32. The SMILES string of the molecule is Cc1nccn1-c1ccccc1COc1ccc(NC(=O)NCc2cccnc2)cc1. The molecule has 0 spiro atoms. The summed E-state index contributed by atoms with van der Waals surface area (Å²) in [7, 11) is 0. The summed E-state index contributed by atoms with van der Waals surface area (Å²) in [6, 6.07) is 18.8. The molecule has 4 rings (SSSR count). The number of nitrogens with one attached hydrogen (secondary N) is 2. The van der Waals surface area contributed by atoms with Crippen LogP contribution in [0.25, 0.3) is 5.69 Å². The van der Waals surface area contributed by atoms with Crippen LogP contribution in [0.5, 0.6) is 5.75 Å². The number of nitrogens with zero attached hydrogens (tertiary/aromatic N) is 3. The maximum atomic E-state index is 12.1. The topological polar surface area (TPSA) is 81.1 Å². The Morgan fingerprint density at radius 3 is 2.61 bits per heavy atom. The molecular weight excluding hydrogens is 390 g/mol. The van der Waals surface area contributed by atoms with Crippen molar-refractivity contribution in [3.63, 3.8) is 0 Å². The van der Waals surface area contributed by atoms with Crippen LogP contribution in [0.1, 0.15) is 17.0 Å². The number of carbonyl (C=O) groups excluding carboxylic acids is 1. The van der Waals surface area contributed by atoms with Gasteiger partial charge in [-0.15, -0.1) is 0 Å². The lowest BCUT2D eigenvalue weighted by atomic mass is 10.2. The number of hydrogen-bond acceptors (Lipinski definition) is 4. The molecule has 2 aromatic heterocycles. The van der Waals surface area contributed by atoms with Crippen molar-refractivity contribution in [3.8, 4) is 11.4 Å². The number of anilines is 1. The molecule has 156 valence electrons.